The second kappa shape index (κ2) is 6.60. The molecule has 3 rings (SSSR count). The van der Waals surface area contributed by atoms with Crippen LogP contribution in [0.4, 0.5) is 0 Å². The van der Waals surface area contributed by atoms with Crippen molar-refractivity contribution in [1.82, 2.24) is 9.78 Å². The largest absolute Gasteiger partial charge is 0.461 e. The molecule has 0 saturated carbocycles. The van der Waals surface area contributed by atoms with Gasteiger partial charge in [-0.1, -0.05) is 49.4 Å². The molecule has 1 atom stereocenters. The minimum absolute atomic E-state index is 0.188. The number of ether oxygens (including phenoxy) is 1. The Hall–Kier alpha value is -2.36. The Kier molecular flexibility index (Phi) is 4.37. The fourth-order valence-electron chi connectivity index (χ4n) is 2.77. The zero-order valence-corrected chi connectivity index (χ0v) is 12.7. The fraction of sp³-hybridized carbons (Fsp3) is 0.333. The van der Waals surface area contributed by atoms with Crippen molar-refractivity contribution in [3.63, 3.8) is 0 Å². The molecule has 4 nitrogen and oxygen atoms in total. The summed E-state index contributed by atoms with van der Waals surface area (Å²) in [6.45, 7) is 3.09. The van der Waals surface area contributed by atoms with Crippen molar-refractivity contribution in [2.45, 2.75) is 38.8 Å². The molecule has 22 heavy (non-hydrogen) atoms. The second-order valence-corrected chi connectivity index (χ2v) is 5.64. The van der Waals surface area contributed by atoms with E-state index in [0.717, 1.165) is 17.5 Å². The number of hydrogen-bond acceptors (Lipinski definition) is 3. The quantitative estimate of drug-likeness (QED) is 0.793. The van der Waals surface area contributed by atoms with E-state index in [1.807, 2.05) is 41.2 Å². The second-order valence-electron chi connectivity index (χ2n) is 5.64. The molecule has 0 saturated heterocycles. The minimum Gasteiger partial charge on any atom is -0.461 e. The molecular formula is C18H20N2O2. The van der Waals surface area contributed by atoms with Crippen molar-refractivity contribution in [3.05, 3.63) is 59.4 Å². The molecule has 1 aliphatic carbocycles. The smallest absolute Gasteiger partial charge is 0.308 e. The molecule has 0 N–H and O–H groups in total. The van der Waals surface area contributed by atoms with Crippen LogP contribution in [0.15, 0.2) is 42.6 Å². The van der Waals surface area contributed by atoms with Gasteiger partial charge in [0, 0.05) is 17.2 Å². The van der Waals surface area contributed by atoms with E-state index in [4.69, 9.17) is 4.74 Å². The Morgan fingerprint density at radius 3 is 3.00 bits per heavy atom. The van der Waals surface area contributed by atoms with Crippen molar-refractivity contribution >= 4 is 12.0 Å². The standard InChI is InChI=1S/C18H20N2O2/c1-14-6-5-9-16-12-19-20(18(14)16)11-10-17(21)22-13-15-7-3-2-4-8-15/h2-5,7-9,12,14H,6,10-11,13H2,1H3. The third kappa shape index (κ3) is 3.27. The van der Waals surface area contributed by atoms with E-state index >= 15 is 0 Å². The van der Waals surface area contributed by atoms with Gasteiger partial charge in [0.15, 0.2) is 0 Å². The summed E-state index contributed by atoms with van der Waals surface area (Å²) in [6.07, 6.45) is 7.52. The molecule has 0 aliphatic heterocycles. The highest BCUT2D eigenvalue weighted by atomic mass is 16.5. The van der Waals surface area contributed by atoms with Gasteiger partial charge in [-0.3, -0.25) is 9.48 Å². The van der Waals surface area contributed by atoms with Crippen LogP contribution in [0.2, 0.25) is 0 Å². The molecule has 4 heteroatoms. The lowest BCUT2D eigenvalue weighted by Crippen LogP contribution is -2.14. The highest BCUT2D eigenvalue weighted by molar-refractivity contribution is 5.69. The van der Waals surface area contributed by atoms with Crippen LogP contribution in [0.25, 0.3) is 6.08 Å². The predicted molar refractivity (Wildman–Crippen MR) is 85.1 cm³/mol. The molecule has 0 spiro atoms. The van der Waals surface area contributed by atoms with Gasteiger partial charge in [0.25, 0.3) is 0 Å². The molecule has 114 valence electrons. The third-order valence-corrected chi connectivity index (χ3v) is 3.93. The molecule has 0 amide bonds. The fourth-order valence-corrected chi connectivity index (χ4v) is 2.77. The first-order valence-corrected chi connectivity index (χ1v) is 7.66. The van der Waals surface area contributed by atoms with E-state index < -0.39 is 0 Å². The van der Waals surface area contributed by atoms with Crippen LogP contribution < -0.4 is 0 Å². The molecule has 1 heterocycles. The van der Waals surface area contributed by atoms with Gasteiger partial charge < -0.3 is 4.74 Å². The number of aromatic nitrogens is 2. The highest BCUT2D eigenvalue weighted by Gasteiger charge is 2.18. The van der Waals surface area contributed by atoms with Crippen molar-refractivity contribution in [2.75, 3.05) is 0 Å². The molecular weight excluding hydrogens is 276 g/mol. The minimum atomic E-state index is -0.188. The lowest BCUT2D eigenvalue weighted by Gasteiger charge is -2.17. The summed E-state index contributed by atoms with van der Waals surface area (Å²) in [5.74, 6) is 0.259. The number of allylic oxidation sites excluding steroid dienone is 1. The normalized spacial score (nSPS) is 16.3. The number of esters is 1. The van der Waals surface area contributed by atoms with Crippen molar-refractivity contribution in [3.8, 4) is 0 Å². The number of fused-ring (bicyclic) bond motifs is 1. The lowest BCUT2D eigenvalue weighted by atomic mass is 9.95. The molecule has 1 unspecified atom stereocenters. The maximum absolute atomic E-state index is 11.9. The molecule has 0 radical (unpaired) electrons. The maximum atomic E-state index is 11.9. The van der Waals surface area contributed by atoms with E-state index in [9.17, 15) is 4.79 Å². The zero-order valence-electron chi connectivity index (χ0n) is 12.7. The maximum Gasteiger partial charge on any atom is 0.308 e. The number of nitrogens with zero attached hydrogens (tertiary/aromatic N) is 2. The highest BCUT2D eigenvalue weighted by Crippen LogP contribution is 2.29. The van der Waals surface area contributed by atoms with Crippen molar-refractivity contribution in [2.24, 2.45) is 0 Å². The van der Waals surface area contributed by atoms with Crippen molar-refractivity contribution < 1.29 is 9.53 Å². The SMILES string of the molecule is CC1CC=Cc2cnn(CCC(=O)OCc3ccccc3)c21. The van der Waals surface area contributed by atoms with Crippen LogP contribution >= 0.6 is 0 Å². The molecule has 2 aromatic rings. The zero-order chi connectivity index (χ0) is 15.4. The number of carbonyl (C=O) groups excluding carboxylic acids is 1. The van der Waals surface area contributed by atoms with Crippen LogP contribution in [-0.4, -0.2) is 15.7 Å². The average Bonchev–Trinajstić information content (AvgIpc) is 2.96. The molecule has 0 bridgehead atoms. The van der Waals surface area contributed by atoms with Gasteiger partial charge in [0.05, 0.1) is 19.2 Å². The van der Waals surface area contributed by atoms with Gasteiger partial charge in [0.1, 0.15) is 6.61 Å². The Morgan fingerprint density at radius 1 is 1.36 bits per heavy atom. The number of aryl methyl sites for hydroxylation is 1. The lowest BCUT2D eigenvalue weighted by molar-refractivity contribution is -0.145. The Morgan fingerprint density at radius 2 is 2.18 bits per heavy atom. The van der Waals surface area contributed by atoms with E-state index in [0.29, 0.717) is 25.5 Å². The van der Waals surface area contributed by atoms with Gasteiger partial charge in [-0.15, -0.1) is 0 Å². The van der Waals surface area contributed by atoms with Gasteiger partial charge in [-0.25, -0.2) is 0 Å². The summed E-state index contributed by atoms with van der Waals surface area (Å²) in [7, 11) is 0. The summed E-state index contributed by atoms with van der Waals surface area (Å²) < 4.78 is 7.24. The van der Waals surface area contributed by atoms with Gasteiger partial charge in [0.2, 0.25) is 0 Å². The van der Waals surface area contributed by atoms with Gasteiger partial charge in [-0.05, 0) is 12.0 Å². The third-order valence-electron chi connectivity index (χ3n) is 3.93. The molecule has 1 aliphatic rings. The first-order valence-electron chi connectivity index (χ1n) is 7.66. The number of hydrogen-bond donors (Lipinski definition) is 0. The van der Waals surface area contributed by atoms with Crippen LogP contribution in [0.5, 0.6) is 0 Å². The monoisotopic (exact) mass is 296 g/mol. The summed E-state index contributed by atoms with van der Waals surface area (Å²) in [4.78, 5) is 11.9. The predicted octanol–water partition coefficient (Wildman–Crippen LogP) is 3.54. The Labute approximate surface area is 130 Å². The van der Waals surface area contributed by atoms with Crippen molar-refractivity contribution in [1.29, 1.82) is 0 Å². The summed E-state index contributed by atoms with van der Waals surface area (Å²) >= 11 is 0. The van der Waals surface area contributed by atoms with Gasteiger partial charge in [-0.2, -0.15) is 5.10 Å². The molecule has 1 aromatic carbocycles. The molecule has 0 fully saturated rings. The average molecular weight is 296 g/mol. The van der Waals surface area contributed by atoms with Gasteiger partial charge >= 0.3 is 5.97 Å². The Balaban J connectivity index is 1.54. The Bertz CT molecular complexity index is 674. The van der Waals surface area contributed by atoms with E-state index in [1.165, 1.54) is 5.69 Å². The van der Waals surface area contributed by atoms with Crippen LogP contribution in [-0.2, 0) is 22.7 Å². The van der Waals surface area contributed by atoms with E-state index in [-0.39, 0.29) is 5.97 Å². The van der Waals surface area contributed by atoms with E-state index in [1.54, 1.807) is 0 Å². The summed E-state index contributed by atoms with van der Waals surface area (Å²) in [5.41, 5.74) is 3.39. The van der Waals surface area contributed by atoms with E-state index in [2.05, 4.69) is 24.2 Å². The topological polar surface area (TPSA) is 44.1 Å². The van der Waals surface area contributed by atoms with Crippen LogP contribution in [0, 0.1) is 0 Å². The number of rotatable bonds is 5. The number of benzene rings is 1. The van der Waals surface area contributed by atoms with Crippen LogP contribution in [0.3, 0.4) is 0 Å². The first kappa shape index (κ1) is 14.6. The number of carbonyl (C=O) groups is 1. The molecule has 1 aromatic heterocycles. The van der Waals surface area contributed by atoms with Crippen LogP contribution in [0.1, 0.15) is 42.5 Å². The first-order chi connectivity index (χ1) is 10.7. The summed E-state index contributed by atoms with van der Waals surface area (Å²) in [6, 6.07) is 9.72. The summed E-state index contributed by atoms with van der Waals surface area (Å²) in [5, 5.41) is 4.40.